The molecular formula is C26H23FN2O4. The summed E-state index contributed by atoms with van der Waals surface area (Å²) in [6.45, 7) is 1.78. The maximum atomic E-state index is 14.0. The van der Waals surface area contributed by atoms with E-state index in [0.717, 1.165) is 5.56 Å². The van der Waals surface area contributed by atoms with Crippen molar-refractivity contribution >= 4 is 11.4 Å². The van der Waals surface area contributed by atoms with E-state index in [4.69, 9.17) is 4.74 Å². The summed E-state index contributed by atoms with van der Waals surface area (Å²) in [6, 6.07) is 17.1. The lowest BCUT2D eigenvalue weighted by atomic mass is 9.92. The van der Waals surface area contributed by atoms with Gasteiger partial charge in [-0.2, -0.15) is 0 Å². The topological polar surface area (TPSA) is 84.1 Å². The van der Waals surface area contributed by atoms with E-state index in [0.29, 0.717) is 33.9 Å². The summed E-state index contributed by atoms with van der Waals surface area (Å²) < 4.78 is 21.5. The average molecular weight is 446 g/mol. The third-order valence-electron chi connectivity index (χ3n) is 6.25. The summed E-state index contributed by atoms with van der Waals surface area (Å²) in [6.07, 6.45) is -0.303. The van der Waals surface area contributed by atoms with Crippen LogP contribution in [-0.4, -0.2) is 31.5 Å². The molecule has 2 N–H and O–H groups in total. The third kappa shape index (κ3) is 3.69. The molecule has 0 saturated carbocycles. The lowest BCUT2D eigenvalue weighted by Crippen LogP contribution is -2.21. The zero-order valence-corrected chi connectivity index (χ0v) is 18.0. The summed E-state index contributed by atoms with van der Waals surface area (Å²) in [5.74, 6) is -0.615. The lowest BCUT2D eigenvalue weighted by molar-refractivity contribution is 0.0158. The number of carbonyl (C=O) groups is 1. The standard InChI is InChI=1S/C26H23FN2O4/c1-15-23(21(30)13-19-17-8-3-4-9-18(17)24(31)25(19)32)29-12-6-11-22(26(29)28-15)33-14-16-7-2-5-10-20(16)27/h2-12,19,24-25,31-32H,13-14H2,1H3/t19-,24-,25+/m1/s1. The van der Waals surface area contributed by atoms with E-state index in [9.17, 15) is 19.4 Å². The molecule has 0 aliphatic heterocycles. The molecule has 0 spiro atoms. The van der Waals surface area contributed by atoms with Crippen molar-refractivity contribution in [1.29, 1.82) is 0 Å². The zero-order valence-electron chi connectivity index (χ0n) is 18.0. The van der Waals surface area contributed by atoms with Gasteiger partial charge in [-0.15, -0.1) is 0 Å². The smallest absolute Gasteiger partial charge is 0.182 e. The molecular weight excluding hydrogens is 423 g/mol. The fourth-order valence-electron chi connectivity index (χ4n) is 4.61. The fourth-order valence-corrected chi connectivity index (χ4v) is 4.61. The Morgan fingerprint density at radius 2 is 1.79 bits per heavy atom. The van der Waals surface area contributed by atoms with Gasteiger partial charge in [0.2, 0.25) is 0 Å². The van der Waals surface area contributed by atoms with Crippen molar-refractivity contribution in [2.45, 2.75) is 38.1 Å². The largest absolute Gasteiger partial charge is 0.485 e. The quantitative estimate of drug-likeness (QED) is 0.435. The minimum Gasteiger partial charge on any atom is -0.485 e. The number of halogens is 1. The number of aryl methyl sites for hydroxylation is 1. The SMILES string of the molecule is Cc1nc2c(OCc3ccccc3F)cccn2c1C(=O)C[C@@H]1c2ccccc2[C@@H](O)[C@H]1O. The number of pyridine rings is 1. The predicted molar refractivity (Wildman–Crippen MR) is 120 cm³/mol. The fraction of sp³-hybridized carbons (Fsp3) is 0.231. The molecule has 3 atom stereocenters. The van der Waals surface area contributed by atoms with Crippen molar-refractivity contribution in [1.82, 2.24) is 9.38 Å². The number of benzene rings is 2. The summed E-state index contributed by atoms with van der Waals surface area (Å²) >= 11 is 0. The molecule has 1 aliphatic carbocycles. The molecule has 0 saturated heterocycles. The van der Waals surface area contributed by atoms with Gasteiger partial charge >= 0.3 is 0 Å². The lowest BCUT2D eigenvalue weighted by Gasteiger charge is -2.16. The van der Waals surface area contributed by atoms with Crippen LogP contribution in [-0.2, 0) is 6.61 Å². The van der Waals surface area contributed by atoms with Gasteiger partial charge in [0.25, 0.3) is 0 Å². The Hall–Kier alpha value is -3.55. The molecule has 33 heavy (non-hydrogen) atoms. The van der Waals surface area contributed by atoms with Crippen LogP contribution < -0.4 is 4.74 Å². The van der Waals surface area contributed by atoms with Crippen LogP contribution >= 0.6 is 0 Å². The van der Waals surface area contributed by atoms with Crippen LogP contribution in [0.3, 0.4) is 0 Å². The Balaban J connectivity index is 1.43. The number of aliphatic hydroxyl groups excluding tert-OH is 2. The van der Waals surface area contributed by atoms with E-state index in [1.165, 1.54) is 6.07 Å². The molecule has 0 fully saturated rings. The summed E-state index contributed by atoms with van der Waals surface area (Å²) in [7, 11) is 0. The monoisotopic (exact) mass is 446 g/mol. The first-order valence-corrected chi connectivity index (χ1v) is 10.8. The van der Waals surface area contributed by atoms with Gasteiger partial charge in [-0.1, -0.05) is 42.5 Å². The van der Waals surface area contributed by atoms with Crippen molar-refractivity contribution in [3.63, 3.8) is 0 Å². The van der Waals surface area contributed by atoms with Gasteiger partial charge in [0.05, 0.1) is 11.8 Å². The first-order chi connectivity index (χ1) is 16.0. The molecule has 1 aliphatic rings. The Morgan fingerprint density at radius 3 is 2.58 bits per heavy atom. The van der Waals surface area contributed by atoms with E-state index in [-0.39, 0.29) is 24.6 Å². The molecule has 5 rings (SSSR count). The number of imidazole rings is 1. The molecule has 168 valence electrons. The number of nitrogens with zero attached hydrogens (tertiary/aromatic N) is 2. The number of hydrogen-bond acceptors (Lipinski definition) is 5. The highest BCUT2D eigenvalue weighted by Crippen LogP contribution is 2.42. The highest BCUT2D eigenvalue weighted by Gasteiger charge is 2.40. The Bertz CT molecular complexity index is 1350. The predicted octanol–water partition coefficient (Wildman–Crippen LogP) is 4.13. The van der Waals surface area contributed by atoms with Crippen LogP contribution in [0, 0.1) is 12.7 Å². The van der Waals surface area contributed by atoms with Gasteiger partial charge in [-0.05, 0) is 36.2 Å². The number of rotatable bonds is 6. The molecule has 2 aromatic heterocycles. The van der Waals surface area contributed by atoms with Gasteiger partial charge in [0.15, 0.2) is 17.2 Å². The summed E-state index contributed by atoms with van der Waals surface area (Å²) in [5.41, 5.74) is 3.25. The highest BCUT2D eigenvalue weighted by molar-refractivity contribution is 5.97. The molecule has 4 aromatic rings. The van der Waals surface area contributed by atoms with Crippen LogP contribution in [0.1, 0.15) is 51.3 Å². The van der Waals surface area contributed by atoms with Crippen LogP contribution in [0.5, 0.6) is 5.75 Å². The number of fused-ring (bicyclic) bond motifs is 2. The van der Waals surface area contributed by atoms with Gasteiger partial charge in [0, 0.05) is 24.1 Å². The van der Waals surface area contributed by atoms with E-state index in [1.807, 2.05) is 12.1 Å². The van der Waals surface area contributed by atoms with Crippen molar-refractivity contribution in [3.8, 4) is 5.75 Å². The Kier molecular flexibility index (Phi) is 5.44. The molecule has 0 unspecified atom stereocenters. The number of ketones is 1. The second-order valence-corrected chi connectivity index (χ2v) is 8.29. The van der Waals surface area contributed by atoms with Gasteiger partial charge in [0.1, 0.15) is 24.2 Å². The third-order valence-corrected chi connectivity index (χ3v) is 6.25. The van der Waals surface area contributed by atoms with Gasteiger partial charge in [-0.25, -0.2) is 9.37 Å². The zero-order chi connectivity index (χ0) is 23.1. The highest BCUT2D eigenvalue weighted by atomic mass is 19.1. The number of aromatic nitrogens is 2. The van der Waals surface area contributed by atoms with Crippen LogP contribution in [0.25, 0.3) is 5.65 Å². The number of hydrogen-bond donors (Lipinski definition) is 2. The van der Waals surface area contributed by atoms with E-state index in [1.54, 1.807) is 60.0 Å². The van der Waals surface area contributed by atoms with Crippen LogP contribution in [0.15, 0.2) is 66.9 Å². The number of aliphatic hydroxyl groups is 2. The van der Waals surface area contributed by atoms with Crippen molar-refractivity contribution in [2.75, 3.05) is 0 Å². The number of ether oxygens (including phenoxy) is 1. The molecule has 6 nitrogen and oxygen atoms in total. The molecule has 0 amide bonds. The van der Waals surface area contributed by atoms with E-state index < -0.39 is 18.1 Å². The molecule has 2 heterocycles. The minimum atomic E-state index is -1.05. The van der Waals surface area contributed by atoms with Crippen LogP contribution in [0.2, 0.25) is 0 Å². The van der Waals surface area contributed by atoms with Gasteiger partial charge < -0.3 is 14.9 Å². The maximum Gasteiger partial charge on any atom is 0.182 e. The molecule has 0 radical (unpaired) electrons. The molecule has 7 heteroatoms. The van der Waals surface area contributed by atoms with Gasteiger partial charge in [-0.3, -0.25) is 9.20 Å². The molecule has 0 bridgehead atoms. The average Bonchev–Trinajstić information content (AvgIpc) is 3.28. The van der Waals surface area contributed by atoms with Crippen molar-refractivity contribution in [2.24, 2.45) is 0 Å². The number of carbonyl (C=O) groups excluding carboxylic acids is 1. The maximum absolute atomic E-state index is 14.0. The van der Waals surface area contributed by atoms with Crippen LogP contribution in [0.4, 0.5) is 4.39 Å². The van der Waals surface area contributed by atoms with Crippen molar-refractivity contribution in [3.05, 3.63) is 101 Å². The van der Waals surface area contributed by atoms with E-state index >= 15 is 0 Å². The van der Waals surface area contributed by atoms with Crippen molar-refractivity contribution < 1.29 is 24.1 Å². The second-order valence-electron chi connectivity index (χ2n) is 8.29. The Labute approximate surface area is 189 Å². The first kappa shape index (κ1) is 21.3. The summed E-state index contributed by atoms with van der Waals surface area (Å²) in [5, 5.41) is 21.0. The second kappa shape index (κ2) is 8.42. The Morgan fingerprint density at radius 1 is 1.06 bits per heavy atom. The number of Topliss-reactive ketones (excluding diaryl/α,β-unsaturated/α-hetero) is 1. The molecule has 2 aromatic carbocycles. The van der Waals surface area contributed by atoms with E-state index in [2.05, 4.69) is 4.98 Å². The minimum absolute atomic E-state index is 0.0319. The normalized spacial score (nSPS) is 19.6. The summed E-state index contributed by atoms with van der Waals surface area (Å²) in [4.78, 5) is 17.9. The first-order valence-electron chi connectivity index (χ1n) is 10.8.